The molecule has 0 bridgehead atoms. The van der Waals surface area contributed by atoms with Gasteiger partial charge in [0.15, 0.2) is 0 Å². The molecule has 0 saturated carbocycles. The second-order valence-electron chi connectivity index (χ2n) is 5.69. The highest BCUT2D eigenvalue weighted by molar-refractivity contribution is 5.26. The van der Waals surface area contributed by atoms with Crippen molar-refractivity contribution in [1.82, 2.24) is 9.78 Å². The number of hydrogen-bond acceptors (Lipinski definition) is 2. The lowest BCUT2D eigenvalue weighted by atomic mass is 9.86. The summed E-state index contributed by atoms with van der Waals surface area (Å²) in [6, 6.07) is 0.393. The lowest BCUT2D eigenvalue weighted by molar-refractivity contribution is 0.159. The molecule has 1 aromatic rings. The van der Waals surface area contributed by atoms with E-state index in [0.29, 0.717) is 6.04 Å². The van der Waals surface area contributed by atoms with Crippen LogP contribution in [-0.4, -0.2) is 21.5 Å². The average Bonchev–Trinajstić information content (AvgIpc) is 2.45. The first-order valence-corrected chi connectivity index (χ1v) is 5.94. The molecule has 0 atom stereocenters. The van der Waals surface area contributed by atoms with E-state index in [2.05, 4.69) is 51.3 Å². The number of rotatable bonds is 4. The van der Waals surface area contributed by atoms with Crippen molar-refractivity contribution in [1.29, 1.82) is 0 Å². The molecule has 0 fully saturated rings. The van der Waals surface area contributed by atoms with E-state index in [1.807, 2.05) is 0 Å². The standard InChI is InChI=1S/C13H24N2O/c1-9(2)15-11(4)12(10(3)14-15)7-13(5,6)8-16/h9,16H,7-8H2,1-6H3. The Bertz CT molecular complexity index is 364. The number of aliphatic hydroxyl groups is 1. The Morgan fingerprint density at radius 3 is 2.25 bits per heavy atom. The molecule has 0 unspecified atom stereocenters. The van der Waals surface area contributed by atoms with Gasteiger partial charge in [-0.1, -0.05) is 13.8 Å². The average molecular weight is 224 g/mol. The van der Waals surface area contributed by atoms with Gasteiger partial charge in [0.05, 0.1) is 5.69 Å². The van der Waals surface area contributed by atoms with Crippen LogP contribution in [0, 0.1) is 19.3 Å². The zero-order valence-electron chi connectivity index (χ0n) is 11.3. The fourth-order valence-corrected chi connectivity index (χ4v) is 1.99. The quantitative estimate of drug-likeness (QED) is 0.853. The van der Waals surface area contributed by atoms with Crippen LogP contribution in [-0.2, 0) is 6.42 Å². The van der Waals surface area contributed by atoms with Crippen LogP contribution in [0.5, 0.6) is 0 Å². The molecule has 0 aliphatic rings. The normalized spacial score (nSPS) is 12.5. The first kappa shape index (κ1) is 13.2. The summed E-state index contributed by atoms with van der Waals surface area (Å²) in [5, 5.41) is 13.9. The fraction of sp³-hybridized carbons (Fsp3) is 0.769. The zero-order valence-corrected chi connectivity index (χ0v) is 11.3. The summed E-state index contributed by atoms with van der Waals surface area (Å²) in [4.78, 5) is 0. The predicted octanol–water partition coefficient (Wildman–Crippen LogP) is 2.64. The van der Waals surface area contributed by atoms with Crippen molar-refractivity contribution < 1.29 is 5.11 Å². The lowest BCUT2D eigenvalue weighted by Crippen LogP contribution is -2.20. The SMILES string of the molecule is Cc1nn(C(C)C)c(C)c1CC(C)(C)CO. The van der Waals surface area contributed by atoms with Gasteiger partial charge >= 0.3 is 0 Å². The van der Waals surface area contributed by atoms with E-state index in [1.54, 1.807) is 0 Å². The van der Waals surface area contributed by atoms with Gasteiger partial charge in [-0.05, 0) is 45.1 Å². The summed E-state index contributed by atoms with van der Waals surface area (Å²) in [5.41, 5.74) is 3.54. The summed E-state index contributed by atoms with van der Waals surface area (Å²) in [5.74, 6) is 0. The van der Waals surface area contributed by atoms with Gasteiger partial charge < -0.3 is 5.11 Å². The molecule has 1 N–H and O–H groups in total. The molecule has 3 heteroatoms. The van der Waals surface area contributed by atoms with E-state index in [9.17, 15) is 5.11 Å². The molecule has 0 aliphatic heterocycles. The molecule has 0 radical (unpaired) electrons. The predicted molar refractivity (Wildman–Crippen MR) is 66.7 cm³/mol. The second-order valence-corrected chi connectivity index (χ2v) is 5.69. The maximum Gasteiger partial charge on any atom is 0.0628 e. The van der Waals surface area contributed by atoms with E-state index >= 15 is 0 Å². The van der Waals surface area contributed by atoms with E-state index in [-0.39, 0.29) is 12.0 Å². The third-order valence-electron chi connectivity index (χ3n) is 3.05. The van der Waals surface area contributed by atoms with Crippen LogP contribution in [0.15, 0.2) is 0 Å². The number of aromatic nitrogens is 2. The van der Waals surface area contributed by atoms with Crippen molar-refractivity contribution in [2.45, 2.75) is 54.0 Å². The molecule has 0 aliphatic carbocycles. The highest BCUT2D eigenvalue weighted by Gasteiger charge is 2.22. The maximum absolute atomic E-state index is 9.33. The van der Waals surface area contributed by atoms with E-state index < -0.39 is 0 Å². The van der Waals surface area contributed by atoms with Crippen LogP contribution >= 0.6 is 0 Å². The second kappa shape index (κ2) is 4.58. The Kier molecular flexibility index (Phi) is 3.79. The van der Waals surface area contributed by atoms with Crippen LogP contribution in [0.2, 0.25) is 0 Å². The molecule has 92 valence electrons. The van der Waals surface area contributed by atoms with E-state index in [1.165, 1.54) is 11.3 Å². The van der Waals surface area contributed by atoms with Gasteiger partial charge in [-0.25, -0.2) is 0 Å². The van der Waals surface area contributed by atoms with Crippen molar-refractivity contribution in [2.75, 3.05) is 6.61 Å². The molecular formula is C13H24N2O. The van der Waals surface area contributed by atoms with E-state index in [4.69, 9.17) is 0 Å². The first-order chi connectivity index (χ1) is 7.28. The van der Waals surface area contributed by atoms with Gasteiger partial charge in [-0.3, -0.25) is 4.68 Å². The highest BCUT2D eigenvalue weighted by Crippen LogP contribution is 2.26. The van der Waals surface area contributed by atoms with Crippen LogP contribution in [0.3, 0.4) is 0 Å². The molecule has 0 spiro atoms. The van der Waals surface area contributed by atoms with Crippen LogP contribution in [0.1, 0.15) is 50.7 Å². The number of aliphatic hydroxyl groups excluding tert-OH is 1. The number of aryl methyl sites for hydroxylation is 1. The first-order valence-electron chi connectivity index (χ1n) is 5.94. The fourth-order valence-electron chi connectivity index (χ4n) is 1.99. The summed E-state index contributed by atoms with van der Waals surface area (Å²) < 4.78 is 2.07. The summed E-state index contributed by atoms with van der Waals surface area (Å²) in [6.07, 6.45) is 0.883. The van der Waals surface area contributed by atoms with Gasteiger partial charge in [-0.2, -0.15) is 5.10 Å². The summed E-state index contributed by atoms with van der Waals surface area (Å²) in [7, 11) is 0. The Hall–Kier alpha value is -0.830. The minimum absolute atomic E-state index is 0.0691. The summed E-state index contributed by atoms with van der Waals surface area (Å²) >= 11 is 0. The molecule has 0 aromatic carbocycles. The van der Waals surface area contributed by atoms with Gasteiger partial charge in [0.2, 0.25) is 0 Å². The molecule has 1 rings (SSSR count). The molecule has 16 heavy (non-hydrogen) atoms. The largest absolute Gasteiger partial charge is 0.396 e. The van der Waals surface area contributed by atoms with Crippen LogP contribution in [0.4, 0.5) is 0 Å². The van der Waals surface area contributed by atoms with Gasteiger partial charge in [0.1, 0.15) is 0 Å². The molecule has 3 nitrogen and oxygen atoms in total. The van der Waals surface area contributed by atoms with Gasteiger partial charge in [0, 0.05) is 18.3 Å². The van der Waals surface area contributed by atoms with Gasteiger partial charge in [-0.15, -0.1) is 0 Å². The molecule has 1 aromatic heterocycles. The van der Waals surface area contributed by atoms with Crippen molar-refractivity contribution in [3.8, 4) is 0 Å². The Morgan fingerprint density at radius 2 is 1.88 bits per heavy atom. The smallest absolute Gasteiger partial charge is 0.0628 e. The number of hydrogen-bond donors (Lipinski definition) is 1. The van der Waals surface area contributed by atoms with Crippen molar-refractivity contribution >= 4 is 0 Å². The zero-order chi connectivity index (χ0) is 12.5. The number of nitrogens with zero attached hydrogens (tertiary/aromatic N) is 2. The van der Waals surface area contributed by atoms with Gasteiger partial charge in [0.25, 0.3) is 0 Å². The Morgan fingerprint density at radius 1 is 1.31 bits per heavy atom. The molecule has 1 heterocycles. The molecule has 0 saturated heterocycles. The Labute approximate surface area is 98.5 Å². The topological polar surface area (TPSA) is 38.0 Å². The Balaban J connectivity index is 3.06. The highest BCUT2D eigenvalue weighted by atomic mass is 16.3. The lowest BCUT2D eigenvalue weighted by Gasteiger charge is -2.21. The third-order valence-corrected chi connectivity index (χ3v) is 3.05. The minimum Gasteiger partial charge on any atom is -0.396 e. The minimum atomic E-state index is -0.0691. The molecule has 0 amide bonds. The van der Waals surface area contributed by atoms with Crippen molar-refractivity contribution in [3.63, 3.8) is 0 Å². The monoisotopic (exact) mass is 224 g/mol. The molecular weight excluding hydrogens is 200 g/mol. The summed E-state index contributed by atoms with van der Waals surface area (Å²) in [6.45, 7) is 12.8. The van der Waals surface area contributed by atoms with Crippen LogP contribution in [0.25, 0.3) is 0 Å². The van der Waals surface area contributed by atoms with Crippen molar-refractivity contribution in [2.24, 2.45) is 5.41 Å². The van der Waals surface area contributed by atoms with Crippen molar-refractivity contribution in [3.05, 3.63) is 17.0 Å². The van der Waals surface area contributed by atoms with E-state index in [0.717, 1.165) is 12.1 Å². The van der Waals surface area contributed by atoms with Crippen LogP contribution < -0.4 is 0 Å². The maximum atomic E-state index is 9.33. The third kappa shape index (κ3) is 2.64.